The van der Waals surface area contributed by atoms with E-state index in [1.807, 2.05) is 49.4 Å². The molecule has 2 N–H and O–H groups in total. The number of H-pyrrole nitrogens is 1. The maximum absolute atomic E-state index is 13.0. The number of Topliss-reactive ketones (excluding diaryl/α,β-unsaturated/α-hetero) is 1. The van der Waals surface area contributed by atoms with Crippen molar-refractivity contribution >= 4 is 34.6 Å². The van der Waals surface area contributed by atoms with Crippen molar-refractivity contribution in [2.45, 2.75) is 39.0 Å². The zero-order valence-electron chi connectivity index (χ0n) is 19.8. The van der Waals surface area contributed by atoms with E-state index < -0.39 is 11.9 Å². The number of allylic oxidation sites excluding steroid dienone is 1. The standard InChI is InChI=1S/C28H29N3O4/c1-17-10-18(12-23-16-29-30-27(17)23)11-22(28(34)35)15-26(33)31-8-6-19(7-9-31)24-13-20-4-2-3-5-21(20)14-25(24)32/h2-5,10,12-13,16,19,22H,6-9,11,14-15H2,1H3,(H,29,30)(H,34,35)/t22-/m0/s1. The lowest BCUT2D eigenvalue weighted by atomic mass is 9.80. The third-order valence-electron chi connectivity index (χ3n) is 7.38. The van der Waals surface area contributed by atoms with Gasteiger partial charge in [0.05, 0.1) is 17.6 Å². The Kier molecular flexibility index (Phi) is 6.24. The van der Waals surface area contributed by atoms with E-state index >= 15 is 0 Å². The molecule has 1 saturated heterocycles. The van der Waals surface area contributed by atoms with Crippen molar-refractivity contribution in [1.82, 2.24) is 15.1 Å². The minimum absolute atomic E-state index is 0.0303. The summed E-state index contributed by atoms with van der Waals surface area (Å²) < 4.78 is 0. The molecule has 1 fully saturated rings. The van der Waals surface area contributed by atoms with Crippen molar-refractivity contribution in [3.63, 3.8) is 0 Å². The number of hydrogen-bond acceptors (Lipinski definition) is 4. The monoisotopic (exact) mass is 471 g/mol. The van der Waals surface area contributed by atoms with Gasteiger partial charge in [-0.25, -0.2) is 0 Å². The Bertz CT molecular complexity index is 1330. The number of piperidine rings is 1. The third kappa shape index (κ3) is 4.76. The van der Waals surface area contributed by atoms with Crippen molar-refractivity contribution in [3.05, 3.63) is 70.4 Å². The van der Waals surface area contributed by atoms with Crippen LogP contribution in [0.15, 0.2) is 48.2 Å². The van der Waals surface area contributed by atoms with Crippen LogP contribution < -0.4 is 0 Å². The molecule has 7 nitrogen and oxygen atoms in total. The molecule has 1 aromatic heterocycles. The summed E-state index contributed by atoms with van der Waals surface area (Å²) in [5.41, 5.74) is 5.86. The van der Waals surface area contributed by atoms with Crippen molar-refractivity contribution in [2.24, 2.45) is 11.8 Å². The molecule has 180 valence electrons. The molecule has 1 aliphatic carbocycles. The molecule has 7 heteroatoms. The van der Waals surface area contributed by atoms with Gasteiger partial charge >= 0.3 is 5.97 Å². The first-order valence-electron chi connectivity index (χ1n) is 12.1. The number of carbonyl (C=O) groups excluding carboxylic acids is 2. The number of amides is 1. The minimum atomic E-state index is -0.963. The number of fused-ring (bicyclic) bond motifs is 2. The molecule has 0 saturated carbocycles. The van der Waals surface area contributed by atoms with E-state index in [-0.39, 0.29) is 24.0 Å². The fourth-order valence-electron chi connectivity index (χ4n) is 5.45. The number of nitrogens with zero attached hydrogens (tertiary/aromatic N) is 2. The van der Waals surface area contributed by atoms with Crippen LogP contribution in [0.3, 0.4) is 0 Å². The Labute approximate surface area is 203 Å². The molecule has 3 aromatic rings. The normalized spacial score (nSPS) is 17.2. The fourth-order valence-corrected chi connectivity index (χ4v) is 5.45. The summed E-state index contributed by atoms with van der Waals surface area (Å²) in [4.78, 5) is 39.5. The van der Waals surface area contributed by atoms with Crippen LogP contribution in [-0.2, 0) is 27.2 Å². The van der Waals surface area contributed by atoms with Crippen LogP contribution in [0.4, 0.5) is 0 Å². The first kappa shape index (κ1) is 23.0. The smallest absolute Gasteiger partial charge is 0.307 e. The lowest BCUT2D eigenvalue weighted by Gasteiger charge is -2.34. The van der Waals surface area contributed by atoms with Gasteiger partial charge in [0.2, 0.25) is 5.91 Å². The number of nitrogens with one attached hydrogen (secondary N) is 1. The van der Waals surface area contributed by atoms with E-state index in [2.05, 4.69) is 10.2 Å². The molecule has 0 spiro atoms. The average Bonchev–Trinajstić information content (AvgIpc) is 3.32. The number of hydrogen-bond donors (Lipinski definition) is 2. The molecule has 0 unspecified atom stereocenters. The summed E-state index contributed by atoms with van der Waals surface area (Å²) in [6, 6.07) is 11.9. The fraction of sp³-hybridized carbons (Fsp3) is 0.357. The highest BCUT2D eigenvalue weighted by Crippen LogP contribution is 2.32. The topological polar surface area (TPSA) is 103 Å². The molecule has 2 aliphatic rings. The van der Waals surface area contributed by atoms with Crippen molar-refractivity contribution in [1.29, 1.82) is 0 Å². The molecule has 1 aliphatic heterocycles. The summed E-state index contributed by atoms with van der Waals surface area (Å²) in [5, 5.41) is 17.8. The van der Waals surface area contributed by atoms with Gasteiger partial charge in [-0.2, -0.15) is 5.10 Å². The van der Waals surface area contributed by atoms with Crippen LogP contribution >= 0.6 is 0 Å². The summed E-state index contributed by atoms with van der Waals surface area (Å²) in [6.07, 6.45) is 5.88. The number of aromatic nitrogens is 2. The molecule has 1 atom stereocenters. The number of rotatable bonds is 6. The van der Waals surface area contributed by atoms with Crippen LogP contribution in [0, 0.1) is 18.8 Å². The molecular weight excluding hydrogens is 442 g/mol. The Morgan fingerprint density at radius 1 is 1.20 bits per heavy atom. The first-order chi connectivity index (χ1) is 16.9. The van der Waals surface area contributed by atoms with Gasteiger partial charge in [-0.3, -0.25) is 19.5 Å². The molecule has 2 aromatic carbocycles. The second-order valence-corrected chi connectivity index (χ2v) is 9.74. The van der Waals surface area contributed by atoms with Crippen LogP contribution in [-0.4, -0.2) is 51.0 Å². The van der Waals surface area contributed by atoms with Crippen LogP contribution in [0.5, 0.6) is 0 Å². The summed E-state index contributed by atoms with van der Waals surface area (Å²) in [7, 11) is 0. The van der Waals surface area contributed by atoms with E-state index in [9.17, 15) is 19.5 Å². The number of aryl methyl sites for hydroxylation is 1. The Balaban J connectivity index is 1.22. The summed E-state index contributed by atoms with van der Waals surface area (Å²) >= 11 is 0. The van der Waals surface area contributed by atoms with Crippen molar-refractivity contribution in [3.8, 4) is 0 Å². The molecule has 0 bridgehead atoms. The van der Waals surface area contributed by atoms with Gasteiger partial charge in [-0.05, 0) is 72.1 Å². The highest BCUT2D eigenvalue weighted by molar-refractivity contribution is 6.04. The van der Waals surface area contributed by atoms with E-state index in [0.29, 0.717) is 25.9 Å². The van der Waals surface area contributed by atoms with Gasteiger partial charge < -0.3 is 10.0 Å². The van der Waals surface area contributed by atoms with Gasteiger partial charge in [-0.1, -0.05) is 30.3 Å². The molecule has 5 rings (SSSR count). The van der Waals surface area contributed by atoms with Crippen LogP contribution in [0.25, 0.3) is 17.0 Å². The zero-order chi connectivity index (χ0) is 24.5. The Morgan fingerprint density at radius 2 is 1.97 bits per heavy atom. The molecule has 0 radical (unpaired) electrons. The summed E-state index contributed by atoms with van der Waals surface area (Å²) in [6.45, 7) is 3.05. The van der Waals surface area contributed by atoms with Crippen LogP contribution in [0.2, 0.25) is 0 Å². The number of carboxylic acid groups (broad SMARTS) is 1. The predicted molar refractivity (Wildman–Crippen MR) is 133 cm³/mol. The maximum atomic E-state index is 13.0. The van der Waals surface area contributed by atoms with E-state index in [4.69, 9.17) is 0 Å². The van der Waals surface area contributed by atoms with Crippen LogP contribution in [0.1, 0.15) is 41.5 Å². The van der Waals surface area contributed by atoms with Crippen molar-refractivity contribution < 1.29 is 19.5 Å². The number of carboxylic acids is 1. The second-order valence-electron chi connectivity index (χ2n) is 9.74. The largest absolute Gasteiger partial charge is 0.481 e. The quantitative estimate of drug-likeness (QED) is 0.567. The molecule has 2 heterocycles. The van der Waals surface area contributed by atoms with E-state index in [0.717, 1.165) is 51.6 Å². The maximum Gasteiger partial charge on any atom is 0.307 e. The summed E-state index contributed by atoms with van der Waals surface area (Å²) in [5.74, 6) is -1.58. The SMILES string of the molecule is Cc1cc(C[C@@H](CC(=O)N2CCC(C3=Cc4ccccc4CC3=O)CC2)C(=O)O)cc2cn[nH]c12. The number of ketones is 1. The van der Waals surface area contributed by atoms with E-state index in [1.54, 1.807) is 11.1 Å². The highest BCUT2D eigenvalue weighted by Gasteiger charge is 2.31. The lowest BCUT2D eigenvalue weighted by Crippen LogP contribution is -2.41. The van der Waals surface area contributed by atoms with Gasteiger partial charge in [0.25, 0.3) is 0 Å². The highest BCUT2D eigenvalue weighted by atomic mass is 16.4. The van der Waals surface area contributed by atoms with Gasteiger partial charge in [-0.15, -0.1) is 0 Å². The number of aromatic amines is 1. The van der Waals surface area contributed by atoms with E-state index in [1.165, 1.54) is 0 Å². The molecular formula is C28H29N3O4. The number of aliphatic carboxylic acids is 1. The molecule has 1 amide bonds. The second kappa shape index (κ2) is 9.49. The zero-order valence-corrected chi connectivity index (χ0v) is 19.8. The van der Waals surface area contributed by atoms with Gasteiger partial charge in [0, 0.05) is 31.3 Å². The predicted octanol–water partition coefficient (Wildman–Crippen LogP) is 3.95. The first-order valence-corrected chi connectivity index (χ1v) is 12.1. The lowest BCUT2D eigenvalue weighted by molar-refractivity contribution is -0.146. The Morgan fingerprint density at radius 3 is 2.74 bits per heavy atom. The third-order valence-corrected chi connectivity index (χ3v) is 7.38. The van der Waals surface area contributed by atoms with Gasteiger partial charge in [0.1, 0.15) is 0 Å². The minimum Gasteiger partial charge on any atom is -0.481 e. The average molecular weight is 472 g/mol. The molecule has 35 heavy (non-hydrogen) atoms. The van der Waals surface area contributed by atoms with Crippen molar-refractivity contribution in [2.75, 3.05) is 13.1 Å². The number of likely N-dealkylation sites (tertiary alicyclic amines) is 1. The Hall–Kier alpha value is -3.74. The number of benzene rings is 2. The number of carbonyl (C=O) groups is 3. The van der Waals surface area contributed by atoms with Gasteiger partial charge in [0.15, 0.2) is 5.78 Å².